The number of aliphatic hydroxyl groups is 1. The fourth-order valence-corrected chi connectivity index (χ4v) is 3.71. The molecular weight excluding hydrogens is 296 g/mol. The van der Waals surface area contributed by atoms with Crippen molar-refractivity contribution in [2.24, 2.45) is 0 Å². The Morgan fingerprint density at radius 2 is 2.24 bits per heavy atom. The summed E-state index contributed by atoms with van der Waals surface area (Å²) in [7, 11) is -2.35. The molecule has 1 aliphatic heterocycles. The fourth-order valence-electron chi connectivity index (χ4n) is 2.34. The Hall–Kier alpha value is -1.45. The smallest absolute Gasteiger partial charge is 0.304 e. The number of rotatable bonds is 5. The molecule has 1 saturated heterocycles. The zero-order valence-corrected chi connectivity index (χ0v) is 12.9. The van der Waals surface area contributed by atoms with Gasteiger partial charge >= 0.3 is 10.2 Å². The number of nitrogens with one attached hydrogen (secondary N) is 1. The van der Waals surface area contributed by atoms with Crippen LogP contribution in [0.25, 0.3) is 0 Å². The van der Waals surface area contributed by atoms with Gasteiger partial charge in [-0.05, 0) is 19.8 Å². The molecule has 0 saturated carbocycles. The van der Waals surface area contributed by atoms with Crippen molar-refractivity contribution in [1.82, 2.24) is 14.3 Å². The summed E-state index contributed by atoms with van der Waals surface area (Å²) in [5, 5.41) is 9.33. The van der Waals surface area contributed by atoms with Crippen LogP contribution in [0, 0.1) is 6.92 Å². The number of hydrogen-bond acceptors (Lipinski definition) is 6. The van der Waals surface area contributed by atoms with Crippen molar-refractivity contribution in [2.45, 2.75) is 32.2 Å². The second-order valence-corrected chi connectivity index (χ2v) is 6.55. The molecule has 2 heterocycles. The Morgan fingerprint density at radius 1 is 1.48 bits per heavy atom. The summed E-state index contributed by atoms with van der Waals surface area (Å²) in [6, 6.07) is 1.21. The number of hydrogen-bond donors (Lipinski definition) is 2. The second-order valence-electron chi connectivity index (χ2n) is 4.93. The van der Waals surface area contributed by atoms with E-state index in [9.17, 15) is 13.5 Å². The first-order valence-electron chi connectivity index (χ1n) is 6.76. The van der Waals surface area contributed by atoms with Crippen LogP contribution < -0.4 is 9.46 Å². The largest absolute Gasteiger partial charge is 0.481 e. The molecule has 1 aromatic rings. The summed E-state index contributed by atoms with van der Waals surface area (Å²) in [5.74, 6) is 0.256. The Balaban J connectivity index is 2.22. The van der Waals surface area contributed by atoms with Crippen molar-refractivity contribution in [2.75, 3.05) is 25.0 Å². The summed E-state index contributed by atoms with van der Waals surface area (Å²) in [6.07, 6.45) is 2.33. The molecule has 8 nitrogen and oxygen atoms in total. The van der Waals surface area contributed by atoms with Crippen LogP contribution in [-0.4, -0.2) is 54.1 Å². The molecule has 118 valence electrons. The molecule has 1 aromatic heterocycles. The van der Waals surface area contributed by atoms with E-state index in [2.05, 4.69) is 14.7 Å². The predicted octanol–water partition coefficient (Wildman–Crippen LogP) is 0.297. The average molecular weight is 316 g/mol. The van der Waals surface area contributed by atoms with Crippen molar-refractivity contribution in [3.05, 3.63) is 11.8 Å². The van der Waals surface area contributed by atoms with Gasteiger partial charge in [0.25, 0.3) is 0 Å². The van der Waals surface area contributed by atoms with Crippen molar-refractivity contribution < 1.29 is 18.3 Å². The number of aromatic nitrogens is 2. The standard InChI is InChI=1S/C12H20N4O4S/c1-9-7-11(20-2)14-12(13-9)15-21(18,19)16-6-4-3-5-10(16)8-17/h7,10,17H,3-6,8H2,1-2H3,(H,13,14,15). The molecule has 2 N–H and O–H groups in total. The summed E-state index contributed by atoms with van der Waals surface area (Å²) in [5.41, 5.74) is 0.594. The third kappa shape index (κ3) is 3.80. The highest BCUT2D eigenvalue weighted by Gasteiger charge is 2.32. The van der Waals surface area contributed by atoms with E-state index in [1.54, 1.807) is 13.0 Å². The van der Waals surface area contributed by atoms with Crippen molar-refractivity contribution in [3.8, 4) is 5.88 Å². The van der Waals surface area contributed by atoms with Gasteiger partial charge in [-0.2, -0.15) is 17.7 Å². The first-order valence-corrected chi connectivity index (χ1v) is 8.20. The molecule has 0 spiro atoms. The van der Waals surface area contributed by atoms with Gasteiger partial charge in [0.1, 0.15) is 0 Å². The minimum Gasteiger partial charge on any atom is -0.481 e. The highest BCUT2D eigenvalue weighted by molar-refractivity contribution is 7.90. The van der Waals surface area contributed by atoms with E-state index >= 15 is 0 Å². The molecule has 0 bridgehead atoms. The molecule has 21 heavy (non-hydrogen) atoms. The highest BCUT2D eigenvalue weighted by Crippen LogP contribution is 2.21. The Morgan fingerprint density at radius 3 is 2.90 bits per heavy atom. The first-order chi connectivity index (χ1) is 9.96. The lowest BCUT2D eigenvalue weighted by Gasteiger charge is -2.33. The van der Waals surface area contributed by atoms with E-state index in [0.717, 1.165) is 12.8 Å². The molecule has 2 rings (SSSR count). The summed E-state index contributed by atoms with van der Waals surface area (Å²) < 4.78 is 33.5. The van der Waals surface area contributed by atoms with Gasteiger partial charge in [-0.25, -0.2) is 9.71 Å². The van der Waals surface area contributed by atoms with E-state index in [1.165, 1.54) is 11.4 Å². The van der Waals surface area contributed by atoms with Crippen LogP contribution in [0.3, 0.4) is 0 Å². The molecule has 0 radical (unpaired) electrons. The van der Waals surface area contributed by atoms with Gasteiger partial charge in [-0.1, -0.05) is 6.42 Å². The van der Waals surface area contributed by atoms with Crippen LogP contribution in [0.4, 0.5) is 5.95 Å². The second kappa shape index (κ2) is 6.54. The van der Waals surface area contributed by atoms with Gasteiger partial charge in [0, 0.05) is 24.3 Å². The van der Waals surface area contributed by atoms with E-state index in [-0.39, 0.29) is 18.4 Å². The third-order valence-corrected chi connectivity index (χ3v) is 4.89. The molecular formula is C12H20N4O4S. The van der Waals surface area contributed by atoms with Crippen LogP contribution in [0.15, 0.2) is 6.07 Å². The van der Waals surface area contributed by atoms with E-state index in [4.69, 9.17) is 4.74 Å². The Labute approximate surface area is 124 Å². The number of nitrogens with zero attached hydrogens (tertiary/aromatic N) is 3. The summed E-state index contributed by atoms with van der Waals surface area (Å²) >= 11 is 0. The molecule has 0 aliphatic carbocycles. The number of ether oxygens (including phenoxy) is 1. The van der Waals surface area contributed by atoms with Gasteiger partial charge in [-0.15, -0.1) is 0 Å². The minimum absolute atomic E-state index is 0.0332. The third-order valence-electron chi connectivity index (χ3n) is 3.35. The lowest BCUT2D eigenvalue weighted by Crippen LogP contribution is -2.48. The molecule has 1 unspecified atom stereocenters. The summed E-state index contributed by atoms with van der Waals surface area (Å²) in [6.45, 7) is 1.90. The van der Waals surface area contributed by atoms with Crippen LogP contribution in [0.2, 0.25) is 0 Å². The van der Waals surface area contributed by atoms with E-state index in [0.29, 0.717) is 18.7 Å². The number of piperidine rings is 1. The zero-order valence-electron chi connectivity index (χ0n) is 12.1. The molecule has 9 heteroatoms. The maximum absolute atomic E-state index is 12.4. The van der Waals surface area contributed by atoms with Crippen molar-refractivity contribution in [1.29, 1.82) is 0 Å². The fraction of sp³-hybridized carbons (Fsp3) is 0.667. The monoisotopic (exact) mass is 316 g/mol. The zero-order chi connectivity index (χ0) is 15.5. The highest BCUT2D eigenvalue weighted by atomic mass is 32.2. The molecule has 0 aromatic carbocycles. The lowest BCUT2D eigenvalue weighted by atomic mass is 10.1. The van der Waals surface area contributed by atoms with Crippen LogP contribution in [0.5, 0.6) is 5.88 Å². The van der Waals surface area contributed by atoms with Gasteiger partial charge in [0.15, 0.2) is 0 Å². The first kappa shape index (κ1) is 15.9. The SMILES string of the molecule is COc1cc(C)nc(NS(=O)(=O)N2CCCCC2CO)n1. The quantitative estimate of drug-likeness (QED) is 0.809. The van der Waals surface area contributed by atoms with Crippen molar-refractivity contribution >= 4 is 16.2 Å². The normalized spacial score (nSPS) is 20.2. The molecule has 1 atom stereocenters. The van der Waals surface area contributed by atoms with Gasteiger partial charge < -0.3 is 9.84 Å². The number of aliphatic hydroxyl groups excluding tert-OH is 1. The van der Waals surface area contributed by atoms with Gasteiger partial charge in [0.2, 0.25) is 11.8 Å². The van der Waals surface area contributed by atoms with E-state index in [1.807, 2.05) is 0 Å². The van der Waals surface area contributed by atoms with Crippen LogP contribution in [-0.2, 0) is 10.2 Å². The van der Waals surface area contributed by atoms with Gasteiger partial charge in [-0.3, -0.25) is 0 Å². The van der Waals surface area contributed by atoms with Crippen LogP contribution in [0.1, 0.15) is 25.0 Å². The topological polar surface area (TPSA) is 105 Å². The number of anilines is 1. The minimum atomic E-state index is -3.80. The molecule has 0 amide bonds. The number of aryl methyl sites for hydroxylation is 1. The van der Waals surface area contributed by atoms with Crippen LogP contribution >= 0.6 is 0 Å². The van der Waals surface area contributed by atoms with Gasteiger partial charge in [0.05, 0.1) is 13.7 Å². The predicted molar refractivity (Wildman–Crippen MR) is 77.3 cm³/mol. The molecule has 1 aliphatic rings. The maximum Gasteiger partial charge on any atom is 0.304 e. The Kier molecular flexibility index (Phi) is 4.96. The average Bonchev–Trinajstić information content (AvgIpc) is 2.46. The summed E-state index contributed by atoms with van der Waals surface area (Å²) in [4.78, 5) is 8.01. The number of methoxy groups -OCH3 is 1. The Bertz CT molecular complexity index is 593. The van der Waals surface area contributed by atoms with Crippen molar-refractivity contribution in [3.63, 3.8) is 0 Å². The lowest BCUT2D eigenvalue weighted by molar-refractivity contribution is 0.155. The maximum atomic E-state index is 12.4. The molecule has 1 fully saturated rings. The van der Waals surface area contributed by atoms with E-state index < -0.39 is 16.3 Å².